The van der Waals surface area contributed by atoms with Gasteiger partial charge in [-0.1, -0.05) is 12.8 Å². The number of carbonyl (C=O) groups excluding carboxylic acids is 2. The second kappa shape index (κ2) is 7.15. The van der Waals surface area contributed by atoms with Crippen molar-refractivity contribution in [2.24, 2.45) is 0 Å². The van der Waals surface area contributed by atoms with E-state index in [9.17, 15) is 14.7 Å². The van der Waals surface area contributed by atoms with E-state index in [4.69, 9.17) is 9.47 Å². The van der Waals surface area contributed by atoms with Crippen molar-refractivity contribution in [3.63, 3.8) is 0 Å². The van der Waals surface area contributed by atoms with Crippen LogP contribution in [0.15, 0.2) is 18.2 Å². The zero-order valence-electron chi connectivity index (χ0n) is 12.8. The Morgan fingerprint density at radius 2 is 2.00 bits per heavy atom. The first-order valence-corrected chi connectivity index (χ1v) is 7.39. The molecule has 22 heavy (non-hydrogen) atoms. The fourth-order valence-corrected chi connectivity index (χ4v) is 2.48. The van der Waals surface area contributed by atoms with Crippen LogP contribution in [-0.2, 0) is 9.53 Å². The fraction of sp³-hybridized carbons (Fsp3) is 0.500. The third-order valence-electron chi connectivity index (χ3n) is 3.78. The van der Waals surface area contributed by atoms with Crippen molar-refractivity contribution in [1.82, 2.24) is 5.32 Å². The number of carbonyl (C=O) groups is 2. The van der Waals surface area contributed by atoms with E-state index in [0.29, 0.717) is 5.75 Å². The van der Waals surface area contributed by atoms with Gasteiger partial charge in [-0.2, -0.15) is 0 Å². The van der Waals surface area contributed by atoms with Gasteiger partial charge in [-0.25, -0.2) is 4.79 Å². The van der Waals surface area contributed by atoms with Crippen LogP contribution in [-0.4, -0.2) is 36.2 Å². The predicted octanol–water partition coefficient (Wildman–Crippen LogP) is 2.00. The summed E-state index contributed by atoms with van der Waals surface area (Å²) in [5, 5.41) is 12.7. The molecule has 2 N–H and O–H groups in total. The van der Waals surface area contributed by atoms with Gasteiger partial charge >= 0.3 is 5.97 Å². The number of ether oxygens (including phenoxy) is 2. The number of esters is 1. The maximum absolute atomic E-state index is 12.0. The summed E-state index contributed by atoms with van der Waals surface area (Å²) in [5.74, 6) is -0.865. The number of hydrogen-bond acceptors (Lipinski definition) is 5. The van der Waals surface area contributed by atoms with Gasteiger partial charge in [0.05, 0.1) is 7.11 Å². The van der Waals surface area contributed by atoms with Crippen LogP contribution < -0.4 is 10.1 Å². The van der Waals surface area contributed by atoms with Crippen LogP contribution >= 0.6 is 0 Å². The average molecular weight is 307 g/mol. The largest absolute Gasteiger partial charge is 0.507 e. The van der Waals surface area contributed by atoms with Gasteiger partial charge < -0.3 is 19.9 Å². The summed E-state index contributed by atoms with van der Waals surface area (Å²) in [4.78, 5) is 24.0. The second-order valence-electron chi connectivity index (χ2n) is 5.42. The fourth-order valence-electron chi connectivity index (χ4n) is 2.48. The normalized spacial score (nSPS) is 16.1. The van der Waals surface area contributed by atoms with Crippen molar-refractivity contribution >= 4 is 11.9 Å². The third kappa shape index (κ3) is 3.90. The van der Waals surface area contributed by atoms with E-state index in [1.165, 1.54) is 26.2 Å². The van der Waals surface area contributed by atoms with Crippen molar-refractivity contribution in [3.05, 3.63) is 23.8 Å². The van der Waals surface area contributed by atoms with Crippen LogP contribution in [0.3, 0.4) is 0 Å². The standard InChI is InChI=1S/C16H21NO5/c1-10(15(19)17-11-5-3-4-6-11)22-16(20)13-8-7-12(21-2)9-14(13)18/h7-11,18H,3-6H2,1-2H3,(H,17,19)/t10-/m0/s1. The highest BCUT2D eigenvalue weighted by Crippen LogP contribution is 2.24. The van der Waals surface area contributed by atoms with E-state index in [-0.39, 0.29) is 23.3 Å². The Balaban J connectivity index is 1.94. The van der Waals surface area contributed by atoms with Gasteiger partial charge in [0.15, 0.2) is 6.10 Å². The highest BCUT2D eigenvalue weighted by atomic mass is 16.5. The molecule has 1 amide bonds. The Bertz CT molecular complexity index is 551. The van der Waals surface area contributed by atoms with Gasteiger partial charge in [0, 0.05) is 12.1 Å². The zero-order valence-corrected chi connectivity index (χ0v) is 12.8. The lowest BCUT2D eigenvalue weighted by Gasteiger charge is -2.17. The summed E-state index contributed by atoms with van der Waals surface area (Å²) < 4.78 is 10.1. The molecule has 0 bridgehead atoms. The second-order valence-corrected chi connectivity index (χ2v) is 5.42. The summed E-state index contributed by atoms with van der Waals surface area (Å²) in [6, 6.07) is 4.43. The van der Waals surface area contributed by atoms with Gasteiger partial charge in [-0.15, -0.1) is 0 Å². The molecule has 0 spiro atoms. The number of hydrogen-bond donors (Lipinski definition) is 2. The minimum absolute atomic E-state index is 0.00122. The third-order valence-corrected chi connectivity index (χ3v) is 3.78. The van der Waals surface area contributed by atoms with Crippen molar-refractivity contribution in [2.75, 3.05) is 7.11 Å². The molecule has 0 unspecified atom stereocenters. The molecule has 1 aromatic carbocycles. The lowest BCUT2D eigenvalue weighted by molar-refractivity contribution is -0.129. The van der Waals surface area contributed by atoms with E-state index in [1.54, 1.807) is 6.07 Å². The Morgan fingerprint density at radius 1 is 1.32 bits per heavy atom. The van der Waals surface area contributed by atoms with E-state index < -0.39 is 12.1 Å². The summed E-state index contributed by atoms with van der Waals surface area (Å²) in [5.41, 5.74) is 0.00122. The van der Waals surface area contributed by atoms with Crippen LogP contribution in [0.2, 0.25) is 0 Å². The monoisotopic (exact) mass is 307 g/mol. The molecule has 0 aliphatic heterocycles. The van der Waals surface area contributed by atoms with Gasteiger partial charge in [-0.3, -0.25) is 4.79 Å². The molecule has 1 saturated carbocycles. The van der Waals surface area contributed by atoms with E-state index in [1.807, 2.05) is 0 Å². The van der Waals surface area contributed by atoms with Gasteiger partial charge in [0.1, 0.15) is 17.1 Å². The van der Waals surface area contributed by atoms with E-state index >= 15 is 0 Å². The number of phenolic OH excluding ortho intramolecular Hbond substituents is 1. The van der Waals surface area contributed by atoms with Crippen molar-refractivity contribution in [3.8, 4) is 11.5 Å². The minimum Gasteiger partial charge on any atom is -0.507 e. The van der Waals surface area contributed by atoms with Crippen LogP contribution in [0.1, 0.15) is 43.0 Å². The summed E-state index contributed by atoms with van der Waals surface area (Å²) in [6.07, 6.45) is 3.24. The first-order chi connectivity index (χ1) is 10.5. The van der Waals surface area contributed by atoms with Crippen molar-refractivity contribution in [2.45, 2.75) is 44.8 Å². The number of amides is 1. The van der Waals surface area contributed by atoms with Gasteiger partial charge in [0.25, 0.3) is 5.91 Å². The van der Waals surface area contributed by atoms with Gasteiger partial charge in [-0.05, 0) is 31.9 Å². The number of rotatable bonds is 5. The first-order valence-electron chi connectivity index (χ1n) is 7.39. The molecular formula is C16H21NO5. The molecule has 0 aromatic heterocycles. The number of aromatic hydroxyl groups is 1. The summed E-state index contributed by atoms with van der Waals surface area (Å²) >= 11 is 0. The molecule has 6 nitrogen and oxygen atoms in total. The topological polar surface area (TPSA) is 84.9 Å². The smallest absolute Gasteiger partial charge is 0.342 e. The molecule has 1 aromatic rings. The van der Waals surface area contributed by atoms with Crippen LogP contribution in [0.4, 0.5) is 0 Å². The maximum Gasteiger partial charge on any atom is 0.342 e. The number of nitrogens with one attached hydrogen (secondary N) is 1. The van der Waals surface area contributed by atoms with Gasteiger partial charge in [0.2, 0.25) is 0 Å². The quantitative estimate of drug-likeness (QED) is 0.813. The van der Waals surface area contributed by atoms with Crippen LogP contribution in [0.25, 0.3) is 0 Å². The van der Waals surface area contributed by atoms with E-state index in [2.05, 4.69) is 5.32 Å². The Labute approximate surface area is 129 Å². The molecule has 120 valence electrons. The zero-order chi connectivity index (χ0) is 16.1. The molecule has 6 heteroatoms. The minimum atomic E-state index is -0.908. The Kier molecular flexibility index (Phi) is 5.25. The summed E-state index contributed by atoms with van der Waals surface area (Å²) in [7, 11) is 1.46. The molecule has 1 aliphatic carbocycles. The van der Waals surface area contributed by atoms with Crippen LogP contribution in [0, 0.1) is 0 Å². The number of methoxy groups -OCH3 is 1. The molecule has 1 fully saturated rings. The Morgan fingerprint density at radius 3 is 2.59 bits per heavy atom. The molecule has 0 radical (unpaired) electrons. The lowest BCUT2D eigenvalue weighted by atomic mass is 10.2. The summed E-state index contributed by atoms with van der Waals surface area (Å²) in [6.45, 7) is 1.52. The Hall–Kier alpha value is -2.24. The van der Waals surface area contributed by atoms with Crippen molar-refractivity contribution < 1.29 is 24.2 Å². The molecule has 0 saturated heterocycles. The molecule has 1 aliphatic rings. The molecular weight excluding hydrogens is 286 g/mol. The molecule has 0 heterocycles. The average Bonchev–Trinajstić information content (AvgIpc) is 2.99. The molecule has 2 rings (SSSR count). The number of phenols is 1. The lowest BCUT2D eigenvalue weighted by Crippen LogP contribution is -2.40. The number of benzene rings is 1. The van der Waals surface area contributed by atoms with Crippen LogP contribution in [0.5, 0.6) is 11.5 Å². The highest BCUT2D eigenvalue weighted by molar-refractivity contribution is 5.94. The SMILES string of the molecule is COc1ccc(C(=O)O[C@@H](C)C(=O)NC2CCCC2)c(O)c1. The predicted molar refractivity (Wildman–Crippen MR) is 79.9 cm³/mol. The highest BCUT2D eigenvalue weighted by Gasteiger charge is 2.24. The van der Waals surface area contributed by atoms with Crippen molar-refractivity contribution in [1.29, 1.82) is 0 Å². The molecule has 1 atom stereocenters. The van der Waals surface area contributed by atoms with E-state index in [0.717, 1.165) is 25.7 Å². The maximum atomic E-state index is 12.0. The first kappa shape index (κ1) is 16.1.